The molecule has 0 heterocycles. The van der Waals surface area contributed by atoms with Crippen molar-refractivity contribution < 1.29 is 9.90 Å². The third-order valence-corrected chi connectivity index (χ3v) is 2.07. The summed E-state index contributed by atoms with van der Waals surface area (Å²) in [6.07, 6.45) is 3.94. The molecule has 62 valence electrons. The molecule has 0 amide bonds. The van der Waals surface area contributed by atoms with E-state index in [2.05, 4.69) is 6.08 Å². The van der Waals surface area contributed by atoms with E-state index in [4.69, 9.17) is 5.11 Å². The first-order chi connectivity index (χ1) is 5.11. The van der Waals surface area contributed by atoms with Crippen molar-refractivity contribution in [1.29, 1.82) is 0 Å². The molecule has 0 spiro atoms. The van der Waals surface area contributed by atoms with E-state index in [9.17, 15) is 4.79 Å². The fraction of sp³-hybridized carbons (Fsp3) is 0.667. The van der Waals surface area contributed by atoms with Gasteiger partial charge in [0.05, 0.1) is 5.92 Å². The molecule has 0 saturated heterocycles. The van der Waals surface area contributed by atoms with E-state index < -0.39 is 5.97 Å². The standard InChI is InChI=1S/C9H14O2/c1-6(2)3-4-7-5-8(7)9(10)11/h3,7-8H,4-5H2,1-2H3,(H,10,11). The maximum atomic E-state index is 10.4. The summed E-state index contributed by atoms with van der Waals surface area (Å²) in [5.41, 5.74) is 1.28. The number of carboxylic acids is 1. The van der Waals surface area contributed by atoms with Crippen LogP contribution in [0.5, 0.6) is 0 Å². The molecule has 1 fully saturated rings. The summed E-state index contributed by atoms with van der Waals surface area (Å²) in [4.78, 5) is 10.4. The molecule has 2 unspecified atom stereocenters. The Morgan fingerprint density at radius 2 is 2.27 bits per heavy atom. The highest BCUT2D eigenvalue weighted by molar-refractivity contribution is 5.73. The zero-order chi connectivity index (χ0) is 8.43. The van der Waals surface area contributed by atoms with Crippen molar-refractivity contribution in [1.82, 2.24) is 0 Å². The van der Waals surface area contributed by atoms with Crippen LogP contribution in [0.25, 0.3) is 0 Å². The highest BCUT2D eigenvalue weighted by atomic mass is 16.4. The number of carbonyl (C=O) groups is 1. The van der Waals surface area contributed by atoms with Crippen molar-refractivity contribution in [2.45, 2.75) is 26.7 Å². The summed E-state index contributed by atoms with van der Waals surface area (Å²) in [5.74, 6) is -0.259. The monoisotopic (exact) mass is 154 g/mol. The summed E-state index contributed by atoms with van der Waals surface area (Å²) < 4.78 is 0. The van der Waals surface area contributed by atoms with Crippen LogP contribution >= 0.6 is 0 Å². The van der Waals surface area contributed by atoms with Crippen LogP contribution in [0.1, 0.15) is 26.7 Å². The zero-order valence-electron chi connectivity index (χ0n) is 7.00. The molecule has 0 radical (unpaired) electrons. The Balaban J connectivity index is 2.24. The average molecular weight is 154 g/mol. The number of carboxylic acid groups (broad SMARTS) is 1. The van der Waals surface area contributed by atoms with Gasteiger partial charge in [-0.3, -0.25) is 4.79 Å². The minimum absolute atomic E-state index is 0.0504. The van der Waals surface area contributed by atoms with Gasteiger partial charge in [-0.15, -0.1) is 0 Å². The van der Waals surface area contributed by atoms with Crippen LogP contribution in [0, 0.1) is 11.8 Å². The van der Waals surface area contributed by atoms with E-state index in [0.717, 1.165) is 12.8 Å². The van der Waals surface area contributed by atoms with Gasteiger partial charge in [0.25, 0.3) is 0 Å². The second kappa shape index (κ2) is 3.07. The summed E-state index contributed by atoms with van der Waals surface area (Å²) in [7, 11) is 0. The van der Waals surface area contributed by atoms with Gasteiger partial charge in [0, 0.05) is 0 Å². The van der Waals surface area contributed by atoms with Crippen molar-refractivity contribution >= 4 is 5.97 Å². The lowest BCUT2D eigenvalue weighted by Crippen LogP contribution is -1.98. The number of hydrogen-bond donors (Lipinski definition) is 1. The first kappa shape index (κ1) is 8.31. The second-order valence-corrected chi connectivity index (χ2v) is 3.46. The molecular weight excluding hydrogens is 140 g/mol. The van der Waals surface area contributed by atoms with Gasteiger partial charge in [0.2, 0.25) is 0 Å². The maximum Gasteiger partial charge on any atom is 0.306 e. The Kier molecular flexibility index (Phi) is 2.32. The largest absolute Gasteiger partial charge is 0.481 e. The molecule has 11 heavy (non-hydrogen) atoms. The lowest BCUT2D eigenvalue weighted by molar-refractivity contribution is -0.138. The van der Waals surface area contributed by atoms with Crippen molar-refractivity contribution in [3.05, 3.63) is 11.6 Å². The third-order valence-electron chi connectivity index (χ3n) is 2.07. The molecule has 0 aromatic heterocycles. The van der Waals surface area contributed by atoms with Crippen LogP contribution in [0.2, 0.25) is 0 Å². The molecule has 1 aliphatic carbocycles. The van der Waals surface area contributed by atoms with Crippen LogP contribution in [0.3, 0.4) is 0 Å². The van der Waals surface area contributed by atoms with E-state index in [1.165, 1.54) is 5.57 Å². The molecular formula is C9H14O2. The van der Waals surface area contributed by atoms with Crippen molar-refractivity contribution in [2.24, 2.45) is 11.8 Å². The van der Waals surface area contributed by atoms with Gasteiger partial charge in [-0.2, -0.15) is 0 Å². The molecule has 2 heteroatoms. The predicted molar refractivity (Wildman–Crippen MR) is 43.3 cm³/mol. The molecule has 2 atom stereocenters. The number of aliphatic carboxylic acids is 1. The molecule has 1 saturated carbocycles. The topological polar surface area (TPSA) is 37.3 Å². The van der Waals surface area contributed by atoms with Crippen LogP contribution in [-0.2, 0) is 4.79 Å². The van der Waals surface area contributed by atoms with Crippen LogP contribution in [0.15, 0.2) is 11.6 Å². The Hall–Kier alpha value is -0.790. The Bertz CT molecular complexity index is 190. The van der Waals surface area contributed by atoms with E-state index in [1.54, 1.807) is 0 Å². The molecule has 0 aliphatic heterocycles. The molecule has 0 aromatic rings. The highest BCUT2D eigenvalue weighted by Gasteiger charge is 2.41. The van der Waals surface area contributed by atoms with Gasteiger partial charge in [-0.05, 0) is 32.6 Å². The van der Waals surface area contributed by atoms with E-state index >= 15 is 0 Å². The second-order valence-electron chi connectivity index (χ2n) is 3.46. The van der Waals surface area contributed by atoms with E-state index in [0.29, 0.717) is 5.92 Å². The Morgan fingerprint density at radius 3 is 2.64 bits per heavy atom. The smallest absolute Gasteiger partial charge is 0.306 e. The van der Waals surface area contributed by atoms with Crippen LogP contribution in [0.4, 0.5) is 0 Å². The van der Waals surface area contributed by atoms with Crippen molar-refractivity contribution in [3.63, 3.8) is 0 Å². The zero-order valence-corrected chi connectivity index (χ0v) is 7.00. The maximum absolute atomic E-state index is 10.4. The van der Waals surface area contributed by atoms with Gasteiger partial charge in [-0.25, -0.2) is 0 Å². The van der Waals surface area contributed by atoms with E-state index in [1.807, 2.05) is 13.8 Å². The number of allylic oxidation sites excluding steroid dienone is 2. The highest BCUT2D eigenvalue weighted by Crippen LogP contribution is 2.41. The number of hydrogen-bond acceptors (Lipinski definition) is 1. The molecule has 0 bridgehead atoms. The van der Waals surface area contributed by atoms with Gasteiger partial charge in [-0.1, -0.05) is 11.6 Å². The van der Waals surface area contributed by atoms with Gasteiger partial charge in [0.1, 0.15) is 0 Å². The predicted octanol–water partition coefficient (Wildman–Crippen LogP) is 2.06. The lowest BCUT2D eigenvalue weighted by Gasteiger charge is -1.91. The molecule has 1 rings (SSSR count). The summed E-state index contributed by atoms with van der Waals surface area (Å²) in [6, 6.07) is 0. The van der Waals surface area contributed by atoms with Crippen LogP contribution < -0.4 is 0 Å². The first-order valence-electron chi connectivity index (χ1n) is 3.97. The fourth-order valence-corrected chi connectivity index (χ4v) is 1.20. The molecule has 0 aromatic carbocycles. The minimum Gasteiger partial charge on any atom is -0.481 e. The Morgan fingerprint density at radius 1 is 1.64 bits per heavy atom. The average Bonchev–Trinajstić information content (AvgIpc) is 2.61. The van der Waals surface area contributed by atoms with E-state index in [-0.39, 0.29) is 5.92 Å². The SMILES string of the molecule is CC(C)=CCC1CC1C(=O)O. The fourth-order valence-electron chi connectivity index (χ4n) is 1.20. The van der Waals surface area contributed by atoms with Crippen LogP contribution in [-0.4, -0.2) is 11.1 Å². The molecule has 1 N–H and O–H groups in total. The quantitative estimate of drug-likeness (QED) is 0.632. The van der Waals surface area contributed by atoms with Crippen molar-refractivity contribution in [3.8, 4) is 0 Å². The summed E-state index contributed by atoms with van der Waals surface area (Å²) in [5, 5.41) is 8.57. The number of rotatable bonds is 3. The Labute approximate surface area is 66.9 Å². The normalized spacial score (nSPS) is 27.8. The minimum atomic E-state index is -0.628. The van der Waals surface area contributed by atoms with Gasteiger partial charge in [0.15, 0.2) is 0 Å². The third kappa shape index (κ3) is 2.37. The summed E-state index contributed by atoms with van der Waals surface area (Å²) >= 11 is 0. The molecule has 2 nitrogen and oxygen atoms in total. The first-order valence-corrected chi connectivity index (χ1v) is 3.97. The van der Waals surface area contributed by atoms with Crippen molar-refractivity contribution in [2.75, 3.05) is 0 Å². The molecule has 1 aliphatic rings. The lowest BCUT2D eigenvalue weighted by atomic mass is 10.2. The van der Waals surface area contributed by atoms with Gasteiger partial charge >= 0.3 is 5.97 Å². The van der Waals surface area contributed by atoms with Gasteiger partial charge < -0.3 is 5.11 Å². The summed E-state index contributed by atoms with van der Waals surface area (Å²) in [6.45, 7) is 4.08.